The number of hydrogen-bond acceptors (Lipinski definition) is 2. The number of likely N-dealkylation sites (tertiary alicyclic amines) is 1. The van der Waals surface area contributed by atoms with E-state index in [4.69, 9.17) is 0 Å². The first-order valence-electron chi connectivity index (χ1n) is 7.24. The van der Waals surface area contributed by atoms with E-state index in [1.165, 1.54) is 5.56 Å². The summed E-state index contributed by atoms with van der Waals surface area (Å²) in [6.07, 6.45) is 1.75. The van der Waals surface area contributed by atoms with Gasteiger partial charge in [-0.15, -0.1) is 0 Å². The highest BCUT2D eigenvalue weighted by Gasteiger charge is 2.20. The van der Waals surface area contributed by atoms with E-state index >= 15 is 0 Å². The highest BCUT2D eigenvalue weighted by atomic mass is 16.2. The summed E-state index contributed by atoms with van der Waals surface area (Å²) in [6.45, 7) is 7.11. The summed E-state index contributed by atoms with van der Waals surface area (Å²) in [4.78, 5) is 13.5. The predicted octanol–water partition coefficient (Wildman–Crippen LogP) is 2.39. The van der Waals surface area contributed by atoms with Gasteiger partial charge >= 0.3 is 0 Å². The molecule has 0 aromatic heterocycles. The number of benzene rings is 1. The number of hydrogen-bond donors (Lipinski definition) is 1. The van der Waals surface area contributed by atoms with Crippen molar-refractivity contribution >= 4 is 5.91 Å². The van der Waals surface area contributed by atoms with E-state index < -0.39 is 0 Å². The molecule has 19 heavy (non-hydrogen) atoms. The summed E-state index contributed by atoms with van der Waals surface area (Å²) in [5.41, 5.74) is 1.36. The van der Waals surface area contributed by atoms with Gasteiger partial charge in [-0.1, -0.05) is 37.3 Å². The van der Waals surface area contributed by atoms with E-state index in [0.717, 1.165) is 32.5 Å². The van der Waals surface area contributed by atoms with Crippen LogP contribution in [0.1, 0.15) is 38.2 Å². The van der Waals surface area contributed by atoms with E-state index in [1.807, 2.05) is 11.0 Å². The number of rotatable bonds is 6. The minimum Gasteiger partial charge on any atom is -0.341 e. The third-order valence-corrected chi connectivity index (χ3v) is 4.09. The number of amides is 1. The van der Waals surface area contributed by atoms with Crippen LogP contribution in [0.3, 0.4) is 0 Å². The molecule has 3 heteroatoms. The molecule has 1 N–H and O–H groups in total. The van der Waals surface area contributed by atoms with Gasteiger partial charge in [-0.25, -0.2) is 0 Å². The molecule has 2 atom stereocenters. The lowest BCUT2D eigenvalue weighted by Crippen LogP contribution is -2.38. The molecule has 104 valence electrons. The van der Waals surface area contributed by atoms with Crippen molar-refractivity contribution in [3.63, 3.8) is 0 Å². The van der Waals surface area contributed by atoms with Gasteiger partial charge in [-0.05, 0) is 24.8 Å². The number of carbonyl (C=O) groups excluding carboxylic acids is 1. The summed E-state index contributed by atoms with van der Waals surface area (Å²) in [6, 6.07) is 11.0. The molecule has 0 aliphatic carbocycles. The Morgan fingerprint density at radius 1 is 1.26 bits per heavy atom. The van der Waals surface area contributed by atoms with Crippen molar-refractivity contribution in [2.24, 2.45) is 0 Å². The first-order valence-corrected chi connectivity index (χ1v) is 7.24. The highest BCUT2D eigenvalue weighted by Crippen LogP contribution is 2.18. The Labute approximate surface area is 116 Å². The lowest BCUT2D eigenvalue weighted by Gasteiger charge is -2.23. The van der Waals surface area contributed by atoms with Gasteiger partial charge in [0.05, 0.1) is 0 Å². The third kappa shape index (κ3) is 3.80. The maximum absolute atomic E-state index is 11.5. The molecule has 1 amide bonds. The van der Waals surface area contributed by atoms with E-state index in [2.05, 4.69) is 43.4 Å². The molecule has 1 aliphatic rings. The average Bonchev–Trinajstić information content (AvgIpc) is 2.84. The maximum Gasteiger partial charge on any atom is 0.222 e. The van der Waals surface area contributed by atoms with Crippen LogP contribution in [0, 0.1) is 0 Å². The Morgan fingerprint density at radius 2 is 2.00 bits per heavy atom. The van der Waals surface area contributed by atoms with Crippen LogP contribution in [-0.4, -0.2) is 36.5 Å². The molecule has 1 aromatic rings. The van der Waals surface area contributed by atoms with Crippen molar-refractivity contribution in [3.8, 4) is 0 Å². The molecule has 0 spiro atoms. The molecule has 2 rings (SSSR count). The molecular formula is C16H24N2O. The second kappa shape index (κ2) is 6.71. The van der Waals surface area contributed by atoms with Crippen LogP contribution >= 0.6 is 0 Å². The Bertz CT molecular complexity index is 404. The fraction of sp³-hybridized carbons (Fsp3) is 0.562. The van der Waals surface area contributed by atoms with Crippen molar-refractivity contribution in [1.29, 1.82) is 0 Å². The Kier molecular flexibility index (Phi) is 4.97. The zero-order chi connectivity index (χ0) is 13.7. The number of nitrogens with zero attached hydrogens (tertiary/aromatic N) is 1. The van der Waals surface area contributed by atoms with Crippen LogP contribution < -0.4 is 5.32 Å². The Morgan fingerprint density at radius 3 is 2.63 bits per heavy atom. The third-order valence-electron chi connectivity index (χ3n) is 4.09. The minimum atomic E-state index is 0.311. The summed E-state index contributed by atoms with van der Waals surface area (Å²) in [5.74, 6) is 0.793. The van der Waals surface area contributed by atoms with Crippen molar-refractivity contribution < 1.29 is 4.79 Å². The van der Waals surface area contributed by atoms with Gasteiger partial charge in [-0.2, -0.15) is 0 Å². The van der Waals surface area contributed by atoms with Crippen molar-refractivity contribution in [2.75, 3.05) is 19.6 Å². The van der Waals surface area contributed by atoms with Crippen LogP contribution in [0.2, 0.25) is 0 Å². The lowest BCUT2D eigenvalue weighted by atomic mass is 9.94. The van der Waals surface area contributed by atoms with Crippen LogP contribution in [0.5, 0.6) is 0 Å². The zero-order valence-electron chi connectivity index (χ0n) is 11.9. The minimum absolute atomic E-state index is 0.311. The molecule has 1 aliphatic heterocycles. The molecule has 1 heterocycles. The normalized spacial score (nSPS) is 18.6. The van der Waals surface area contributed by atoms with Crippen LogP contribution in [0.25, 0.3) is 0 Å². The maximum atomic E-state index is 11.5. The first-order chi connectivity index (χ1) is 9.18. The topological polar surface area (TPSA) is 32.3 Å². The van der Waals surface area contributed by atoms with Crippen molar-refractivity contribution in [3.05, 3.63) is 35.9 Å². The summed E-state index contributed by atoms with van der Waals surface area (Å²) in [7, 11) is 0. The molecule has 1 aromatic carbocycles. The molecule has 3 nitrogen and oxygen atoms in total. The standard InChI is InChI=1S/C16H24N2O/c1-13(15-7-4-3-5-8-15)14(2)17-10-12-18-11-6-9-16(18)19/h3-5,7-8,13-14,17H,6,9-12H2,1-2H3. The zero-order valence-corrected chi connectivity index (χ0v) is 11.9. The molecule has 1 saturated heterocycles. The van der Waals surface area contributed by atoms with E-state index in [9.17, 15) is 4.79 Å². The smallest absolute Gasteiger partial charge is 0.222 e. The molecular weight excluding hydrogens is 236 g/mol. The van der Waals surface area contributed by atoms with Gasteiger partial charge in [0.15, 0.2) is 0 Å². The monoisotopic (exact) mass is 260 g/mol. The molecule has 2 unspecified atom stereocenters. The van der Waals surface area contributed by atoms with Crippen LogP contribution in [0.4, 0.5) is 0 Å². The highest BCUT2D eigenvalue weighted by molar-refractivity contribution is 5.78. The SMILES string of the molecule is CC(NCCN1CCCC1=O)C(C)c1ccccc1. The summed E-state index contributed by atoms with van der Waals surface area (Å²) in [5, 5.41) is 3.53. The lowest BCUT2D eigenvalue weighted by molar-refractivity contribution is -0.127. The van der Waals surface area contributed by atoms with Gasteiger partial charge in [-0.3, -0.25) is 4.79 Å². The summed E-state index contributed by atoms with van der Waals surface area (Å²) >= 11 is 0. The molecule has 0 radical (unpaired) electrons. The largest absolute Gasteiger partial charge is 0.341 e. The van der Waals surface area contributed by atoms with Gasteiger partial charge < -0.3 is 10.2 Å². The van der Waals surface area contributed by atoms with Gasteiger partial charge in [0.25, 0.3) is 0 Å². The van der Waals surface area contributed by atoms with Crippen molar-refractivity contribution in [1.82, 2.24) is 10.2 Å². The molecule has 0 saturated carbocycles. The number of nitrogens with one attached hydrogen (secondary N) is 1. The Hall–Kier alpha value is -1.35. The molecule has 0 bridgehead atoms. The second-order valence-corrected chi connectivity index (χ2v) is 5.43. The van der Waals surface area contributed by atoms with Gasteiger partial charge in [0, 0.05) is 32.1 Å². The fourth-order valence-corrected chi connectivity index (χ4v) is 2.59. The van der Waals surface area contributed by atoms with Crippen molar-refractivity contribution in [2.45, 2.75) is 38.6 Å². The first kappa shape index (κ1) is 14.1. The molecule has 1 fully saturated rings. The van der Waals surface area contributed by atoms with E-state index in [-0.39, 0.29) is 0 Å². The average molecular weight is 260 g/mol. The van der Waals surface area contributed by atoms with Crippen LogP contribution in [0.15, 0.2) is 30.3 Å². The number of carbonyl (C=O) groups is 1. The second-order valence-electron chi connectivity index (χ2n) is 5.43. The Balaban J connectivity index is 1.75. The van der Waals surface area contributed by atoms with E-state index in [1.54, 1.807) is 0 Å². The van der Waals surface area contributed by atoms with Gasteiger partial charge in [0.2, 0.25) is 5.91 Å². The van der Waals surface area contributed by atoms with Gasteiger partial charge in [0.1, 0.15) is 0 Å². The van der Waals surface area contributed by atoms with E-state index in [0.29, 0.717) is 17.9 Å². The van der Waals surface area contributed by atoms with Crippen LogP contribution in [-0.2, 0) is 4.79 Å². The quantitative estimate of drug-likeness (QED) is 0.852. The fourth-order valence-electron chi connectivity index (χ4n) is 2.59. The summed E-state index contributed by atoms with van der Waals surface area (Å²) < 4.78 is 0. The predicted molar refractivity (Wildman–Crippen MR) is 78.1 cm³/mol.